The summed E-state index contributed by atoms with van der Waals surface area (Å²) in [6.45, 7) is 5.57. The summed E-state index contributed by atoms with van der Waals surface area (Å²) in [5.41, 5.74) is 0.917. The first-order valence-corrected chi connectivity index (χ1v) is 9.75. The van der Waals surface area contributed by atoms with Crippen LogP contribution in [0.5, 0.6) is 0 Å². The maximum absolute atomic E-state index is 13.4. The van der Waals surface area contributed by atoms with Gasteiger partial charge in [0.15, 0.2) is 0 Å². The van der Waals surface area contributed by atoms with Gasteiger partial charge < -0.3 is 19.4 Å². The van der Waals surface area contributed by atoms with E-state index in [-0.39, 0.29) is 17.4 Å². The second-order valence-corrected chi connectivity index (χ2v) is 7.99. The second kappa shape index (κ2) is 6.74. The number of halogens is 1. The van der Waals surface area contributed by atoms with Crippen molar-refractivity contribution in [3.8, 4) is 0 Å². The number of aromatic nitrogens is 3. The highest BCUT2D eigenvalue weighted by Gasteiger charge is 2.58. The van der Waals surface area contributed by atoms with Crippen LogP contribution in [0.25, 0.3) is 0 Å². The van der Waals surface area contributed by atoms with Crippen molar-refractivity contribution in [2.75, 3.05) is 13.1 Å². The van der Waals surface area contributed by atoms with Gasteiger partial charge in [0.2, 0.25) is 0 Å². The quantitative estimate of drug-likeness (QED) is 0.874. The first-order valence-electron chi connectivity index (χ1n) is 9.37. The molecular formula is C19H26ClN5O. The third-order valence-corrected chi connectivity index (χ3v) is 6.23. The van der Waals surface area contributed by atoms with Crippen molar-refractivity contribution in [2.24, 2.45) is 12.5 Å². The molecule has 0 unspecified atom stereocenters. The summed E-state index contributed by atoms with van der Waals surface area (Å²) in [7, 11) is 1.87. The minimum atomic E-state index is 0.0467. The lowest BCUT2D eigenvalue weighted by Crippen LogP contribution is -2.40. The lowest BCUT2D eigenvalue weighted by Gasteiger charge is -2.29. The van der Waals surface area contributed by atoms with Crippen LogP contribution >= 0.6 is 11.6 Å². The van der Waals surface area contributed by atoms with Crippen LogP contribution in [0.15, 0.2) is 24.7 Å². The molecular weight excluding hydrogens is 350 g/mol. The molecule has 1 atom stereocenters. The molecule has 7 heteroatoms. The van der Waals surface area contributed by atoms with Crippen molar-refractivity contribution in [2.45, 2.75) is 45.3 Å². The topological polar surface area (TPSA) is 55.1 Å². The number of carbonyl (C=O) groups is 1. The van der Waals surface area contributed by atoms with Gasteiger partial charge in [0.25, 0.3) is 5.91 Å². The smallest absolute Gasteiger partial charge is 0.271 e. The number of amides is 1. The van der Waals surface area contributed by atoms with Crippen molar-refractivity contribution < 1.29 is 4.79 Å². The van der Waals surface area contributed by atoms with Crippen molar-refractivity contribution in [1.82, 2.24) is 24.3 Å². The van der Waals surface area contributed by atoms with Gasteiger partial charge in [-0.15, -0.1) is 0 Å². The summed E-state index contributed by atoms with van der Waals surface area (Å²) in [5.74, 6) is 0.989. The van der Waals surface area contributed by atoms with E-state index < -0.39 is 0 Å². The van der Waals surface area contributed by atoms with E-state index >= 15 is 0 Å². The number of hydrogen-bond acceptors (Lipinski definition) is 3. The first kappa shape index (κ1) is 17.6. The van der Waals surface area contributed by atoms with Gasteiger partial charge in [0, 0.05) is 38.2 Å². The number of hydrogen-bond donors (Lipinski definition) is 1. The maximum atomic E-state index is 13.4. The van der Waals surface area contributed by atoms with Gasteiger partial charge in [-0.05, 0) is 50.8 Å². The third kappa shape index (κ3) is 3.05. The molecule has 6 nitrogen and oxygen atoms in total. The van der Waals surface area contributed by atoms with Crippen LogP contribution in [-0.4, -0.2) is 44.1 Å². The second-order valence-electron chi connectivity index (χ2n) is 7.55. The zero-order valence-corrected chi connectivity index (χ0v) is 16.2. The van der Waals surface area contributed by atoms with E-state index in [2.05, 4.69) is 21.8 Å². The van der Waals surface area contributed by atoms with E-state index in [4.69, 9.17) is 11.6 Å². The summed E-state index contributed by atoms with van der Waals surface area (Å²) in [6, 6.07) is 2.05. The van der Waals surface area contributed by atoms with Crippen LogP contribution in [0.4, 0.5) is 0 Å². The van der Waals surface area contributed by atoms with Crippen LogP contribution in [-0.2, 0) is 20.1 Å². The molecule has 3 heterocycles. The van der Waals surface area contributed by atoms with Gasteiger partial charge in [-0.25, -0.2) is 4.98 Å². The number of rotatable bonds is 5. The third-order valence-electron chi connectivity index (χ3n) is 6.03. The van der Waals surface area contributed by atoms with Crippen molar-refractivity contribution in [1.29, 1.82) is 0 Å². The van der Waals surface area contributed by atoms with Gasteiger partial charge in [-0.3, -0.25) is 4.79 Å². The first-order chi connectivity index (χ1) is 12.5. The summed E-state index contributed by atoms with van der Waals surface area (Å²) in [5, 5.41) is 4.03. The lowest BCUT2D eigenvalue weighted by molar-refractivity contribution is 0.0675. The van der Waals surface area contributed by atoms with E-state index in [9.17, 15) is 4.79 Å². The van der Waals surface area contributed by atoms with E-state index in [0.717, 1.165) is 44.7 Å². The summed E-state index contributed by atoms with van der Waals surface area (Å²) in [4.78, 5) is 19.9. The molecule has 2 aromatic rings. The Kier molecular flexibility index (Phi) is 4.57. The molecule has 140 valence electrons. The highest BCUT2D eigenvalue weighted by Crippen LogP contribution is 2.56. The molecule has 1 saturated heterocycles. The molecule has 1 aliphatic heterocycles. The van der Waals surface area contributed by atoms with E-state index in [1.165, 1.54) is 0 Å². The molecule has 2 aromatic heterocycles. The molecule has 1 N–H and O–H groups in total. The molecule has 1 amide bonds. The zero-order valence-electron chi connectivity index (χ0n) is 15.4. The fourth-order valence-corrected chi connectivity index (χ4v) is 4.62. The van der Waals surface area contributed by atoms with Gasteiger partial charge in [-0.1, -0.05) is 11.6 Å². The standard InChI is InChI=1S/C19H26ClN5O/c1-3-24-9-8-22-17(24)13-25(16-11-19(16)4-6-21-7-5-19)18(26)15-10-14(20)12-23(15)2/h8-10,12,16,21H,3-7,11,13H2,1-2H3/t16-/m0/s1. The Balaban J connectivity index is 1.63. The SMILES string of the molecule is CCn1ccnc1CN(C(=O)c1cc(Cl)cn1C)[C@H]1CC12CCNCC2. The Morgan fingerprint density at radius 2 is 2.23 bits per heavy atom. The van der Waals surface area contributed by atoms with Gasteiger partial charge in [-0.2, -0.15) is 0 Å². The van der Waals surface area contributed by atoms with Gasteiger partial charge in [0.05, 0.1) is 11.6 Å². The molecule has 1 spiro atoms. The van der Waals surface area contributed by atoms with Crippen LogP contribution in [0.2, 0.25) is 5.02 Å². The van der Waals surface area contributed by atoms with Crippen LogP contribution in [0.1, 0.15) is 42.5 Å². The Labute approximate surface area is 159 Å². The number of carbonyl (C=O) groups excluding carboxylic acids is 1. The molecule has 0 radical (unpaired) electrons. The molecule has 0 aromatic carbocycles. The summed E-state index contributed by atoms with van der Waals surface area (Å²) >= 11 is 6.13. The monoisotopic (exact) mass is 375 g/mol. The Morgan fingerprint density at radius 1 is 1.46 bits per heavy atom. The van der Waals surface area contributed by atoms with E-state index in [1.54, 1.807) is 12.3 Å². The van der Waals surface area contributed by atoms with E-state index in [0.29, 0.717) is 17.3 Å². The minimum Gasteiger partial charge on any atom is -0.345 e. The van der Waals surface area contributed by atoms with Crippen LogP contribution in [0, 0.1) is 5.41 Å². The largest absolute Gasteiger partial charge is 0.345 e. The van der Waals surface area contributed by atoms with Gasteiger partial charge in [0.1, 0.15) is 11.5 Å². The number of imidazole rings is 1. The average Bonchev–Trinajstić information content (AvgIpc) is 2.97. The fraction of sp³-hybridized carbons (Fsp3) is 0.579. The normalized spacial score (nSPS) is 21.1. The van der Waals surface area contributed by atoms with Crippen LogP contribution < -0.4 is 5.32 Å². The highest BCUT2D eigenvalue weighted by atomic mass is 35.5. The minimum absolute atomic E-state index is 0.0467. The predicted molar refractivity (Wildman–Crippen MR) is 101 cm³/mol. The predicted octanol–water partition coefficient (Wildman–Crippen LogP) is 2.68. The Hall–Kier alpha value is -1.79. The zero-order chi connectivity index (χ0) is 18.3. The number of nitrogens with one attached hydrogen (secondary N) is 1. The number of aryl methyl sites for hydroxylation is 2. The van der Waals surface area contributed by atoms with Gasteiger partial charge >= 0.3 is 0 Å². The van der Waals surface area contributed by atoms with Crippen molar-refractivity contribution in [3.63, 3.8) is 0 Å². The average molecular weight is 376 g/mol. The molecule has 4 rings (SSSR count). The maximum Gasteiger partial charge on any atom is 0.271 e. The van der Waals surface area contributed by atoms with Crippen LogP contribution in [0.3, 0.4) is 0 Å². The highest BCUT2D eigenvalue weighted by molar-refractivity contribution is 6.31. The molecule has 1 saturated carbocycles. The summed E-state index contributed by atoms with van der Waals surface area (Å²) in [6.07, 6.45) is 8.94. The van der Waals surface area contributed by atoms with Crippen molar-refractivity contribution >= 4 is 17.5 Å². The molecule has 1 aliphatic carbocycles. The molecule has 2 aliphatic rings. The Morgan fingerprint density at radius 3 is 2.88 bits per heavy atom. The lowest BCUT2D eigenvalue weighted by atomic mass is 9.93. The number of piperidine rings is 1. The molecule has 26 heavy (non-hydrogen) atoms. The number of nitrogens with zero attached hydrogens (tertiary/aromatic N) is 4. The fourth-order valence-electron chi connectivity index (χ4n) is 4.37. The molecule has 0 bridgehead atoms. The summed E-state index contributed by atoms with van der Waals surface area (Å²) < 4.78 is 3.93. The molecule has 2 fully saturated rings. The van der Waals surface area contributed by atoms with Crippen molar-refractivity contribution in [3.05, 3.63) is 41.2 Å². The Bertz CT molecular complexity index is 805. The van der Waals surface area contributed by atoms with E-state index in [1.807, 2.05) is 28.9 Å².